The van der Waals surface area contributed by atoms with E-state index in [0.29, 0.717) is 6.42 Å². The number of hydrogen-bond donors (Lipinski definition) is 1. The SMILES string of the molecule is O=C(O)[C@H]1CCCCN1c1ccnnc1. The van der Waals surface area contributed by atoms with E-state index in [-0.39, 0.29) is 0 Å². The van der Waals surface area contributed by atoms with E-state index >= 15 is 0 Å². The summed E-state index contributed by atoms with van der Waals surface area (Å²) >= 11 is 0. The van der Waals surface area contributed by atoms with Crippen LogP contribution in [0.15, 0.2) is 18.5 Å². The summed E-state index contributed by atoms with van der Waals surface area (Å²) in [5.74, 6) is -0.758. The number of carboxylic acid groups (broad SMARTS) is 1. The van der Waals surface area contributed by atoms with Gasteiger partial charge in [-0.05, 0) is 25.3 Å². The van der Waals surface area contributed by atoms with Crippen molar-refractivity contribution in [1.29, 1.82) is 0 Å². The molecule has 15 heavy (non-hydrogen) atoms. The Kier molecular flexibility index (Phi) is 2.80. The number of piperidine rings is 1. The molecule has 5 nitrogen and oxygen atoms in total. The van der Waals surface area contributed by atoms with Gasteiger partial charge in [0.15, 0.2) is 0 Å². The Morgan fingerprint density at radius 3 is 3.00 bits per heavy atom. The lowest BCUT2D eigenvalue weighted by molar-refractivity contribution is -0.139. The van der Waals surface area contributed by atoms with E-state index < -0.39 is 12.0 Å². The van der Waals surface area contributed by atoms with Gasteiger partial charge in [0.25, 0.3) is 0 Å². The molecule has 0 aromatic carbocycles. The highest BCUT2D eigenvalue weighted by molar-refractivity contribution is 5.78. The largest absolute Gasteiger partial charge is 0.480 e. The fraction of sp³-hybridized carbons (Fsp3) is 0.500. The first-order valence-corrected chi connectivity index (χ1v) is 5.05. The molecule has 0 unspecified atom stereocenters. The Morgan fingerprint density at radius 1 is 1.47 bits per heavy atom. The maximum absolute atomic E-state index is 11.1. The van der Waals surface area contributed by atoms with E-state index in [0.717, 1.165) is 25.1 Å². The fourth-order valence-electron chi connectivity index (χ4n) is 1.95. The summed E-state index contributed by atoms with van der Waals surface area (Å²) in [6.45, 7) is 0.780. The molecule has 0 saturated carbocycles. The zero-order valence-electron chi connectivity index (χ0n) is 8.33. The fourth-order valence-corrected chi connectivity index (χ4v) is 1.95. The van der Waals surface area contributed by atoms with Crippen LogP contribution in [0.4, 0.5) is 5.69 Å². The maximum atomic E-state index is 11.1. The van der Waals surface area contributed by atoms with Crippen LogP contribution in [-0.4, -0.2) is 33.9 Å². The van der Waals surface area contributed by atoms with Gasteiger partial charge in [-0.2, -0.15) is 10.2 Å². The Balaban J connectivity index is 2.22. The Morgan fingerprint density at radius 2 is 2.33 bits per heavy atom. The van der Waals surface area contributed by atoms with Crippen LogP contribution >= 0.6 is 0 Å². The van der Waals surface area contributed by atoms with E-state index in [1.54, 1.807) is 18.5 Å². The minimum absolute atomic E-state index is 0.414. The lowest BCUT2D eigenvalue weighted by Gasteiger charge is -2.34. The molecule has 80 valence electrons. The number of nitrogens with zero attached hydrogens (tertiary/aromatic N) is 3. The number of anilines is 1. The molecule has 1 aliphatic rings. The molecular formula is C10H13N3O2. The molecule has 0 aliphatic carbocycles. The van der Waals surface area contributed by atoms with Crippen molar-refractivity contribution in [2.45, 2.75) is 25.3 Å². The minimum atomic E-state index is -0.758. The molecule has 0 bridgehead atoms. The Labute approximate surface area is 87.7 Å². The topological polar surface area (TPSA) is 66.3 Å². The normalized spacial score (nSPS) is 21.3. The van der Waals surface area contributed by atoms with Crippen molar-refractivity contribution in [3.05, 3.63) is 18.5 Å². The van der Waals surface area contributed by atoms with Crippen LogP contribution in [0.25, 0.3) is 0 Å². The van der Waals surface area contributed by atoms with Gasteiger partial charge in [-0.15, -0.1) is 0 Å². The first kappa shape index (κ1) is 9.89. The average Bonchev–Trinajstić information content (AvgIpc) is 2.30. The van der Waals surface area contributed by atoms with Crippen LogP contribution in [0.1, 0.15) is 19.3 Å². The second-order valence-electron chi connectivity index (χ2n) is 3.64. The predicted octanol–water partition coefficient (Wildman–Crippen LogP) is 0.920. The summed E-state index contributed by atoms with van der Waals surface area (Å²) < 4.78 is 0. The van der Waals surface area contributed by atoms with Gasteiger partial charge >= 0.3 is 5.97 Å². The molecule has 1 aromatic rings. The summed E-state index contributed by atoms with van der Waals surface area (Å²) in [5.41, 5.74) is 0.845. The molecule has 2 rings (SSSR count). The Hall–Kier alpha value is -1.65. The maximum Gasteiger partial charge on any atom is 0.326 e. The molecule has 1 saturated heterocycles. The number of carboxylic acids is 1. The van der Waals surface area contributed by atoms with Gasteiger partial charge in [0.2, 0.25) is 0 Å². The van der Waals surface area contributed by atoms with Crippen LogP contribution in [0, 0.1) is 0 Å². The molecule has 1 aliphatic heterocycles. The zero-order chi connectivity index (χ0) is 10.7. The van der Waals surface area contributed by atoms with Crippen molar-refractivity contribution >= 4 is 11.7 Å². The zero-order valence-corrected chi connectivity index (χ0v) is 8.33. The van der Waals surface area contributed by atoms with Gasteiger partial charge in [0.1, 0.15) is 6.04 Å². The highest BCUT2D eigenvalue weighted by atomic mass is 16.4. The van der Waals surface area contributed by atoms with Crippen LogP contribution in [-0.2, 0) is 4.79 Å². The molecule has 1 aromatic heterocycles. The van der Waals surface area contributed by atoms with Gasteiger partial charge in [-0.1, -0.05) is 0 Å². The second-order valence-corrected chi connectivity index (χ2v) is 3.64. The molecule has 2 heterocycles. The van der Waals surface area contributed by atoms with Crippen molar-refractivity contribution < 1.29 is 9.90 Å². The summed E-state index contributed by atoms with van der Waals surface area (Å²) in [5, 5.41) is 16.5. The third-order valence-electron chi connectivity index (χ3n) is 2.69. The molecule has 5 heteroatoms. The smallest absolute Gasteiger partial charge is 0.326 e. The first-order valence-electron chi connectivity index (χ1n) is 5.05. The molecule has 1 fully saturated rings. The van der Waals surface area contributed by atoms with Crippen LogP contribution in [0.5, 0.6) is 0 Å². The first-order chi connectivity index (χ1) is 7.29. The van der Waals surface area contributed by atoms with Gasteiger partial charge < -0.3 is 10.0 Å². The minimum Gasteiger partial charge on any atom is -0.480 e. The summed E-state index contributed by atoms with van der Waals surface area (Å²) in [6, 6.07) is 1.39. The molecule has 0 radical (unpaired) electrons. The molecule has 0 spiro atoms. The monoisotopic (exact) mass is 207 g/mol. The van der Waals surface area contributed by atoms with Crippen molar-refractivity contribution in [3.63, 3.8) is 0 Å². The van der Waals surface area contributed by atoms with E-state index in [1.807, 2.05) is 4.90 Å². The quantitative estimate of drug-likeness (QED) is 0.781. The third-order valence-corrected chi connectivity index (χ3v) is 2.69. The molecule has 1 N–H and O–H groups in total. The standard InChI is InChI=1S/C10H13N3O2/c14-10(15)9-3-1-2-6-13(9)8-4-5-11-12-7-8/h4-5,7,9H,1-3,6H2,(H,14,15)/t9-/m1/s1. The highest BCUT2D eigenvalue weighted by Gasteiger charge is 2.28. The number of aliphatic carboxylic acids is 1. The van der Waals surface area contributed by atoms with Crippen LogP contribution in [0.2, 0.25) is 0 Å². The third kappa shape index (κ3) is 2.06. The number of rotatable bonds is 2. The van der Waals surface area contributed by atoms with Crippen molar-refractivity contribution in [2.24, 2.45) is 0 Å². The summed E-state index contributed by atoms with van der Waals surface area (Å²) in [6.07, 6.45) is 5.92. The molecule has 1 atom stereocenters. The predicted molar refractivity (Wildman–Crippen MR) is 54.7 cm³/mol. The van der Waals surface area contributed by atoms with E-state index in [1.165, 1.54) is 0 Å². The van der Waals surface area contributed by atoms with Gasteiger partial charge in [-0.3, -0.25) is 0 Å². The number of carbonyl (C=O) groups is 1. The highest BCUT2D eigenvalue weighted by Crippen LogP contribution is 2.23. The van der Waals surface area contributed by atoms with Gasteiger partial charge in [-0.25, -0.2) is 4.79 Å². The summed E-state index contributed by atoms with van der Waals surface area (Å²) in [7, 11) is 0. The van der Waals surface area contributed by atoms with Crippen LogP contribution in [0.3, 0.4) is 0 Å². The lowest BCUT2D eigenvalue weighted by Crippen LogP contribution is -2.44. The van der Waals surface area contributed by atoms with Crippen molar-refractivity contribution in [3.8, 4) is 0 Å². The van der Waals surface area contributed by atoms with E-state index in [4.69, 9.17) is 5.11 Å². The average molecular weight is 207 g/mol. The Bertz CT molecular complexity index is 342. The number of hydrogen-bond acceptors (Lipinski definition) is 4. The van der Waals surface area contributed by atoms with Gasteiger partial charge in [0, 0.05) is 6.54 Å². The van der Waals surface area contributed by atoms with E-state index in [9.17, 15) is 4.79 Å². The van der Waals surface area contributed by atoms with Crippen molar-refractivity contribution in [2.75, 3.05) is 11.4 Å². The summed E-state index contributed by atoms with van der Waals surface area (Å²) in [4.78, 5) is 12.9. The molecular weight excluding hydrogens is 194 g/mol. The van der Waals surface area contributed by atoms with Crippen molar-refractivity contribution in [1.82, 2.24) is 10.2 Å². The van der Waals surface area contributed by atoms with Crippen LogP contribution < -0.4 is 4.90 Å². The number of aromatic nitrogens is 2. The van der Waals surface area contributed by atoms with Gasteiger partial charge in [0.05, 0.1) is 18.1 Å². The molecule has 0 amide bonds. The second kappa shape index (κ2) is 4.25. The lowest BCUT2D eigenvalue weighted by atomic mass is 10.0. The van der Waals surface area contributed by atoms with E-state index in [2.05, 4.69) is 10.2 Å².